The average molecular weight is 431 g/mol. The minimum atomic E-state index is -3.73. The molecule has 8 nitrogen and oxygen atoms in total. The molecule has 30 heavy (non-hydrogen) atoms. The summed E-state index contributed by atoms with van der Waals surface area (Å²) in [5.74, 6) is -0.658. The molecule has 10 heteroatoms. The lowest BCUT2D eigenvalue weighted by Crippen LogP contribution is -2.50. The molecule has 2 aromatic heterocycles. The van der Waals surface area contributed by atoms with Crippen molar-refractivity contribution in [2.75, 3.05) is 26.2 Å². The van der Waals surface area contributed by atoms with Gasteiger partial charge in [-0.15, -0.1) is 0 Å². The first-order valence-corrected chi connectivity index (χ1v) is 11.0. The molecule has 0 atom stereocenters. The Labute approximate surface area is 174 Å². The number of fused-ring (bicyclic) bond motifs is 1. The fraction of sp³-hybridized carbons (Fsp3) is 0.350. The largest absolute Gasteiger partial charge is 0.336 e. The van der Waals surface area contributed by atoms with Gasteiger partial charge in [-0.05, 0) is 44.2 Å². The number of hydrogen-bond donors (Lipinski definition) is 0. The third kappa shape index (κ3) is 3.46. The van der Waals surface area contributed by atoms with Crippen molar-refractivity contribution in [1.29, 1.82) is 0 Å². The summed E-state index contributed by atoms with van der Waals surface area (Å²) < 4.78 is 41.7. The minimum Gasteiger partial charge on any atom is -0.336 e. The SMILES string of the molecule is Cc1cc(C(=O)N2CCN(S(=O)(=O)c3ccc(F)cc3)CC2)c2c(C)nn(C)c2n1. The van der Waals surface area contributed by atoms with Gasteiger partial charge < -0.3 is 4.90 Å². The summed E-state index contributed by atoms with van der Waals surface area (Å²) in [7, 11) is -1.95. The second-order valence-electron chi connectivity index (χ2n) is 7.37. The highest BCUT2D eigenvalue weighted by atomic mass is 32.2. The highest BCUT2D eigenvalue weighted by Crippen LogP contribution is 2.24. The van der Waals surface area contributed by atoms with Crippen LogP contribution in [0.25, 0.3) is 11.0 Å². The lowest BCUT2D eigenvalue weighted by atomic mass is 10.1. The summed E-state index contributed by atoms with van der Waals surface area (Å²) in [6.07, 6.45) is 0. The van der Waals surface area contributed by atoms with E-state index in [1.807, 2.05) is 13.8 Å². The number of carbonyl (C=O) groups excluding carboxylic acids is 1. The van der Waals surface area contributed by atoms with Crippen LogP contribution in [0, 0.1) is 19.7 Å². The number of rotatable bonds is 3. The van der Waals surface area contributed by atoms with Gasteiger partial charge in [0.05, 0.1) is 21.5 Å². The summed E-state index contributed by atoms with van der Waals surface area (Å²) in [4.78, 5) is 19.4. The number of aryl methyl sites for hydroxylation is 3. The predicted octanol–water partition coefficient (Wildman–Crippen LogP) is 1.87. The van der Waals surface area contributed by atoms with Crippen LogP contribution in [0.5, 0.6) is 0 Å². The van der Waals surface area contributed by atoms with Crippen LogP contribution >= 0.6 is 0 Å². The molecule has 1 aromatic carbocycles. The standard InChI is InChI=1S/C20H22FN5O3S/c1-13-12-17(18-14(2)23-24(3)19(18)22-13)20(27)25-8-10-26(11-9-25)30(28,29)16-6-4-15(21)5-7-16/h4-7,12H,8-11H2,1-3H3. The first kappa shape index (κ1) is 20.4. The zero-order valence-electron chi connectivity index (χ0n) is 17.0. The van der Waals surface area contributed by atoms with Crippen molar-refractivity contribution in [3.05, 3.63) is 53.1 Å². The van der Waals surface area contributed by atoms with Crippen molar-refractivity contribution < 1.29 is 17.6 Å². The van der Waals surface area contributed by atoms with Crippen molar-refractivity contribution >= 4 is 27.0 Å². The van der Waals surface area contributed by atoms with Crippen molar-refractivity contribution in [3.8, 4) is 0 Å². The van der Waals surface area contributed by atoms with Crippen LogP contribution in [-0.4, -0.2) is 64.5 Å². The van der Waals surface area contributed by atoms with Gasteiger partial charge in [-0.1, -0.05) is 0 Å². The molecule has 3 heterocycles. The minimum absolute atomic E-state index is 0.0427. The van der Waals surface area contributed by atoms with E-state index in [1.165, 1.54) is 16.4 Å². The number of hydrogen-bond acceptors (Lipinski definition) is 5. The Morgan fingerprint density at radius 1 is 1.07 bits per heavy atom. The predicted molar refractivity (Wildman–Crippen MR) is 109 cm³/mol. The van der Waals surface area contributed by atoms with Crippen molar-refractivity contribution in [2.45, 2.75) is 18.7 Å². The van der Waals surface area contributed by atoms with Gasteiger partial charge in [-0.3, -0.25) is 9.48 Å². The highest BCUT2D eigenvalue weighted by molar-refractivity contribution is 7.89. The molecule has 0 radical (unpaired) electrons. The normalized spacial score (nSPS) is 15.7. The fourth-order valence-electron chi connectivity index (χ4n) is 3.80. The molecule has 0 N–H and O–H groups in total. The van der Waals surface area contributed by atoms with E-state index in [1.54, 1.807) is 22.7 Å². The summed E-state index contributed by atoms with van der Waals surface area (Å²) in [6.45, 7) is 4.54. The van der Waals surface area contributed by atoms with E-state index in [4.69, 9.17) is 0 Å². The van der Waals surface area contributed by atoms with E-state index in [0.29, 0.717) is 16.9 Å². The smallest absolute Gasteiger partial charge is 0.254 e. The van der Waals surface area contributed by atoms with Crippen molar-refractivity contribution in [1.82, 2.24) is 24.0 Å². The molecule has 0 saturated carbocycles. The maximum atomic E-state index is 13.2. The maximum absolute atomic E-state index is 13.2. The molecule has 1 amide bonds. The Kier molecular flexibility index (Phi) is 5.07. The van der Waals surface area contributed by atoms with E-state index >= 15 is 0 Å². The second-order valence-corrected chi connectivity index (χ2v) is 9.31. The molecular weight excluding hydrogens is 409 g/mol. The molecule has 3 aromatic rings. The molecular formula is C20H22FN5O3S. The van der Waals surface area contributed by atoms with Gasteiger partial charge in [0.1, 0.15) is 5.82 Å². The molecule has 1 saturated heterocycles. The number of carbonyl (C=O) groups is 1. The lowest BCUT2D eigenvalue weighted by Gasteiger charge is -2.34. The third-order valence-electron chi connectivity index (χ3n) is 5.30. The zero-order valence-corrected chi connectivity index (χ0v) is 17.8. The number of piperazine rings is 1. The van der Waals surface area contributed by atoms with Gasteiger partial charge in [0, 0.05) is 38.9 Å². The van der Waals surface area contributed by atoms with E-state index in [2.05, 4.69) is 10.1 Å². The van der Waals surface area contributed by atoms with Crippen molar-refractivity contribution in [2.24, 2.45) is 7.05 Å². The number of halogens is 1. The molecule has 158 valence electrons. The van der Waals surface area contributed by atoms with Crippen LogP contribution < -0.4 is 0 Å². The van der Waals surface area contributed by atoms with E-state index in [0.717, 1.165) is 23.2 Å². The van der Waals surface area contributed by atoms with Crippen LogP contribution in [0.1, 0.15) is 21.7 Å². The maximum Gasteiger partial charge on any atom is 0.254 e. The molecule has 0 bridgehead atoms. The van der Waals surface area contributed by atoms with Crippen LogP contribution in [0.2, 0.25) is 0 Å². The Bertz CT molecular complexity index is 1230. The fourth-order valence-corrected chi connectivity index (χ4v) is 5.22. The van der Waals surface area contributed by atoms with Gasteiger partial charge in [0.2, 0.25) is 10.0 Å². The summed E-state index contributed by atoms with van der Waals surface area (Å²) >= 11 is 0. The molecule has 0 unspecified atom stereocenters. The molecule has 1 fully saturated rings. The monoisotopic (exact) mass is 431 g/mol. The lowest BCUT2D eigenvalue weighted by molar-refractivity contribution is 0.0699. The Balaban J connectivity index is 1.56. The number of aromatic nitrogens is 3. The first-order chi connectivity index (χ1) is 14.2. The topological polar surface area (TPSA) is 88.4 Å². The average Bonchev–Trinajstić information content (AvgIpc) is 3.00. The summed E-state index contributed by atoms with van der Waals surface area (Å²) in [5, 5.41) is 5.09. The zero-order chi connectivity index (χ0) is 21.6. The second kappa shape index (κ2) is 7.44. The van der Waals surface area contributed by atoms with Crippen LogP contribution in [-0.2, 0) is 17.1 Å². The highest BCUT2D eigenvalue weighted by Gasteiger charge is 2.31. The summed E-state index contributed by atoms with van der Waals surface area (Å²) in [5.41, 5.74) is 2.61. The Morgan fingerprint density at radius 2 is 1.70 bits per heavy atom. The van der Waals surface area contributed by atoms with Gasteiger partial charge >= 0.3 is 0 Å². The molecule has 1 aliphatic heterocycles. The molecule has 4 rings (SSSR count). The summed E-state index contributed by atoms with van der Waals surface area (Å²) in [6, 6.07) is 6.51. The molecule has 0 aliphatic carbocycles. The molecule has 0 spiro atoms. The van der Waals surface area contributed by atoms with Crippen LogP contribution in [0.15, 0.2) is 35.2 Å². The number of sulfonamides is 1. The number of nitrogens with zero attached hydrogens (tertiary/aromatic N) is 5. The molecule has 1 aliphatic rings. The van der Waals surface area contributed by atoms with Crippen LogP contribution in [0.3, 0.4) is 0 Å². The van der Waals surface area contributed by atoms with E-state index in [-0.39, 0.29) is 37.0 Å². The quantitative estimate of drug-likeness (QED) is 0.632. The Morgan fingerprint density at radius 3 is 2.33 bits per heavy atom. The van der Waals surface area contributed by atoms with E-state index < -0.39 is 15.8 Å². The van der Waals surface area contributed by atoms with Gasteiger partial charge in [0.25, 0.3) is 5.91 Å². The van der Waals surface area contributed by atoms with Gasteiger partial charge in [-0.25, -0.2) is 17.8 Å². The van der Waals surface area contributed by atoms with Crippen molar-refractivity contribution in [3.63, 3.8) is 0 Å². The Hall–Kier alpha value is -2.85. The van der Waals surface area contributed by atoms with E-state index in [9.17, 15) is 17.6 Å². The number of benzene rings is 1. The van der Waals surface area contributed by atoms with Gasteiger partial charge in [-0.2, -0.15) is 9.40 Å². The van der Waals surface area contributed by atoms with Crippen LogP contribution in [0.4, 0.5) is 4.39 Å². The third-order valence-corrected chi connectivity index (χ3v) is 7.22. The number of pyridine rings is 1. The first-order valence-electron chi connectivity index (χ1n) is 9.54. The number of amides is 1. The van der Waals surface area contributed by atoms with Gasteiger partial charge in [0.15, 0.2) is 5.65 Å².